The maximum absolute atomic E-state index is 12.9. The van der Waals surface area contributed by atoms with Crippen molar-refractivity contribution in [3.8, 4) is 0 Å². The normalized spacial score (nSPS) is 20.6. The number of hydrogen-bond donors (Lipinski definition) is 1. The number of Topliss-reactive ketones (excluding diaryl/α,β-unsaturated/α-hetero) is 1. The van der Waals surface area contributed by atoms with Gasteiger partial charge in [-0.05, 0) is 86.1 Å². The summed E-state index contributed by atoms with van der Waals surface area (Å²) < 4.78 is 4.82. The van der Waals surface area contributed by atoms with Crippen LogP contribution in [-0.4, -0.2) is 24.0 Å². The Morgan fingerprint density at radius 2 is 1.53 bits per heavy atom. The van der Waals surface area contributed by atoms with E-state index in [0.29, 0.717) is 12.0 Å². The van der Waals surface area contributed by atoms with Gasteiger partial charge in [0.1, 0.15) is 11.3 Å². The molecule has 1 rings (SSSR count). The fourth-order valence-corrected chi connectivity index (χ4v) is 3.65. The highest BCUT2D eigenvalue weighted by molar-refractivity contribution is 6.08. The van der Waals surface area contributed by atoms with Crippen molar-refractivity contribution >= 4 is 11.8 Å². The first kappa shape index (κ1) is 25.7. The number of aliphatic hydroxyl groups excluding tert-OH is 1. The van der Waals surface area contributed by atoms with E-state index in [9.17, 15) is 14.7 Å². The van der Waals surface area contributed by atoms with Gasteiger partial charge >= 0.3 is 5.97 Å². The molecule has 1 atom stereocenters. The molecule has 1 N–H and O–H groups in total. The molecule has 0 aliphatic heterocycles. The minimum atomic E-state index is -0.864. The number of hydrogen-bond acceptors (Lipinski definition) is 4. The molecule has 4 nitrogen and oxygen atoms in total. The van der Waals surface area contributed by atoms with Crippen molar-refractivity contribution in [1.29, 1.82) is 0 Å². The first-order valence-corrected chi connectivity index (χ1v) is 10.6. The number of ether oxygens (including phenoxy) is 1. The molecule has 0 fully saturated rings. The lowest BCUT2D eigenvalue weighted by Crippen LogP contribution is -2.36. The average molecular weight is 415 g/mol. The molecule has 1 aliphatic rings. The van der Waals surface area contributed by atoms with Gasteiger partial charge < -0.3 is 9.84 Å². The van der Waals surface area contributed by atoms with E-state index in [4.69, 9.17) is 4.74 Å². The zero-order chi connectivity index (χ0) is 23.1. The topological polar surface area (TPSA) is 63.6 Å². The second kappa shape index (κ2) is 11.1. The van der Waals surface area contributed by atoms with Gasteiger partial charge in [0.05, 0.1) is 12.5 Å². The third-order valence-electron chi connectivity index (χ3n) is 6.01. The Morgan fingerprint density at radius 1 is 1.00 bits per heavy atom. The molecule has 30 heavy (non-hydrogen) atoms. The molecule has 166 valence electrons. The van der Waals surface area contributed by atoms with Gasteiger partial charge in [-0.1, -0.05) is 34.9 Å². The van der Waals surface area contributed by atoms with Crippen molar-refractivity contribution in [3.63, 3.8) is 0 Å². The van der Waals surface area contributed by atoms with Crippen molar-refractivity contribution in [1.82, 2.24) is 0 Å². The molecule has 0 aromatic carbocycles. The second-order valence-electron chi connectivity index (χ2n) is 8.79. The quantitative estimate of drug-likeness (QED) is 0.336. The molecule has 1 unspecified atom stereocenters. The zero-order valence-electron chi connectivity index (χ0n) is 19.9. The van der Waals surface area contributed by atoms with Gasteiger partial charge in [-0.3, -0.25) is 4.79 Å². The van der Waals surface area contributed by atoms with Crippen LogP contribution in [0.1, 0.15) is 80.6 Å². The van der Waals surface area contributed by atoms with Gasteiger partial charge in [0.15, 0.2) is 5.78 Å². The minimum absolute atomic E-state index is 0.109. The van der Waals surface area contributed by atoms with E-state index in [-0.39, 0.29) is 22.7 Å². The SMILES string of the molecule is COC(=O)C1=C(C)C(C)(C/C=C(\C)CCC=C(C)CCC=C(C)C)C(=O)C(C)=C1O. The molecule has 0 radical (unpaired) electrons. The van der Waals surface area contributed by atoms with Crippen molar-refractivity contribution in [3.05, 3.63) is 57.4 Å². The van der Waals surface area contributed by atoms with E-state index in [0.717, 1.165) is 25.7 Å². The summed E-state index contributed by atoms with van der Waals surface area (Å²) in [7, 11) is 1.28. The molecular formula is C26H38O4. The summed E-state index contributed by atoms with van der Waals surface area (Å²) in [5, 5.41) is 10.3. The van der Waals surface area contributed by atoms with Crippen molar-refractivity contribution in [2.24, 2.45) is 5.41 Å². The molecule has 0 saturated heterocycles. The summed E-state index contributed by atoms with van der Waals surface area (Å²) in [6.07, 6.45) is 11.2. The molecular weight excluding hydrogens is 376 g/mol. The fourth-order valence-electron chi connectivity index (χ4n) is 3.65. The number of methoxy groups -OCH3 is 1. The van der Waals surface area contributed by atoms with Crippen LogP contribution < -0.4 is 0 Å². The Balaban J connectivity index is 2.89. The first-order chi connectivity index (χ1) is 14.0. The number of carbonyl (C=O) groups is 2. The molecule has 1 aliphatic carbocycles. The monoisotopic (exact) mass is 414 g/mol. The predicted molar refractivity (Wildman–Crippen MR) is 123 cm³/mol. The van der Waals surface area contributed by atoms with Gasteiger partial charge in [-0.2, -0.15) is 0 Å². The number of carbonyl (C=O) groups excluding carboxylic acids is 2. The molecule has 0 aromatic heterocycles. The third-order valence-corrected chi connectivity index (χ3v) is 6.01. The van der Waals surface area contributed by atoms with E-state index in [2.05, 4.69) is 45.9 Å². The van der Waals surface area contributed by atoms with Crippen LogP contribution >= 0.6 is 0 Å². The maximum Gasteiger partial charge on any atom is 0.341 e. The van der Waals surface area contributed by atoms with Crippen molar-refractivity contribution in [2.75, 3.05) is 7.11 Å². The number of allylic oxidation sites excluding steroid dienone is 8. The minimum Gasteiger partial charge on any atom is -0.507 e. The van der Waals surface area contributed by atoms with Crippen LogP contribution in [0.25, 0.3) is 0 Å². The summed E-state index contributed by atoms with van der Waals surface area (Å²) in [4.78, 5) is 25.1. The maximum atomic E-state index is 12.9. The lowest BCUT2D eigenvalue weighted by Gasteiger charge is -2.34. The molecule has 4 heteroatoms. The molecule has 0 amide bonds. The highest BCUT2D eigenvalue weighted by atomic mass is 16.5. The zero-order valence-corrected chi connectivity index (χ0v) is 19.9. The predicted octanol–water partition coefficient (Wildman–Crippen LogP) is 6.71. The number of aliphatic hydroxyl groups is 1. The Hall–Kier alpha value is -2.36. The summed E-state index contributed by atoms with van der Waals surface area (Å²) in [6.45, 7) is 13.6. The average Bonchev–Trinajstić information content (AvgIpc) is 2.69. The van der Waals surface area contributed by atoms with Gasteiger partial charge in [-0.15, -0.1) is 0 Å². The second-order valence-corrected chi connectivity index (χ2v) is 8.79. The van der Waals surface area contributed by atoms with E-state index in [1.54, 1.807) is 13.8 Å². The summed E-state index contributed by atoms with van der Waals surface area (Å²) in [5.74, 6) is -1.03. The van der Waals surface area contributed by atoms with E-state index >= 15 is 0 Å². The van der Waals surface area contributed by atoms with Crippen LogP contribution in [0, 0.1) is 5.41 Å². The van der Waals surface area contributed by atoms with Crippen LogP contribution in [0.4, 0.5) is 0 Å². The first-order valence-electron chi connectivity index (χ1n) is 10.6. The Kier molecular flexibility index (Phi) is 9.54. The number of rotatable bonds is 9. The lowest BCUT2D eigenvalue weighted by molar-refractivity contribution is -0.136. The van der Waals surface area contributed by atoms with E-state index in [1.165, 1.54) is 23.8 Å². The smallest absolute Gasteiger partial charge is 0.341 e. The Morgan fingerprint density at radius 3 is 2.07 bits per heavy atom. The highest BCUT2D eigenvalue weighted by Crippen LogP contribution is 2.43. The summed E-state index contributed by atoms with van der Waals surface area (Å²) in [6, 6.07) is 0. The van der Waals surface area contributed by atoms with Crippen molar-refractivity contribution in [2.45, 2.75) is 80.6 Å². The third kappa shape index (κ3) is 6.32. The Bertz CT molecular complexity index is 829. The lowest BCUT2D eigenvalue weighted by atomic mass is 9.68. The van der Waals surface area contributed by atoms with Gasteiger partial charge in [-0.25, -0.2) is 4.79 Å². The van der Waals surface area contributed by atoms with Crippen LogP contribution in [0.2, 0.25) is 0 Å². The molecule has 0 heterocycles. The molecule has 0 bridgehead atoms. The summed E-state index contributed by atoms with van der Waals surface area (Å²) >= 11 is 0. The van der Waals surface area contributed by atoms with Crippen LogP contribution in [0.5, 0.6) is 0 Å². The van der Waals surface area contributed by atoms with Crippen molar-refractivity contribution < 1.29 is 19.4 Å². The molecule has 0 spiro atoms. The Labute approximate surface area is 182 Å². The highest BCUT2D eigenvalue weighted by Gasteiger charge is 2.43. The van der Waals surface area contributed by atoms with Crippen LogP contribution in [0.15, 0.2) is 57.4 Å². The van der Waals surface area contributed by atoms with Crippen LogP contribution in [-0.2, 0) is 14.3 Å². The molecule has 0 saturated carbocycles. The van der Waals surface area contributed by atoms with Gasteiger partial charge in [0, 0.05) is 5.57 Å². The largest absolute Gasteiger partial charge is 0.507 e. The number of ketones is 1. The standard InChI is InChI=1S/C26H38O4/c1-17(2)11-9-12-18(3)13-10-14-19(4)15-16-26(7)21(6)22(25(29)30-8)23(27)20(5)24(26)28/h11,13,15,27H,9-10,12,14,16H2,1-8H3/b18-13?,19-15+. The van der Waals surface area contributed by atoms with Gasteiger partial charge in [0.25, 0.3) is 0 Å². The molecule has 0 aromatic rings. The van der Waals surface area contributed by atoms with Crippen LogP contribution in [0.3, 0.4) is 0 Å². The van der Waals surface area contributed by atoms with Gasteiger partial charge in [0.2, 0.25) is 0 Å². The fraction of sp³-hybridized carbons (Fsp3) is 0.538. The van der Waals surface area contributed by atoms with E-state index < -0.39 is 11.4 Å². The number of esters is 1. The van der Waals surface area contributed by atoms with E-state index in [1.807, 2.05) is 6.92 Å². The summed E-state index contributed by atoms with van der Waals surface area (Å²) in [5.41, 5.74) is 3.97.